The fourth-order valence-electron chi connectivity index (χ4n) is 6.36. The van der Waals surface area contributed by atoms with E-state index in [-0.39, 0.29) is 22.8 Å². The Kier molecular flexibility index (Phi) is 4.24. The summed E-state index contributed by atoms with van der Waals surface area (Å²) in [4.78, 5) is 20.2. The molecule has 3 heterocycles. The van der Waals surface area contributed by atoms with Crippen LogP contribution in [0.2, 0.25) is 0 Å². The number of ether oxygens (including phenoxy) is 3. The lowest BCUT2D eigenvalue weighted by Gasteiger charge is -2.53. The third kappa shape index (κ3) is 2.38. The predicted molar refractivity (Wildman–Crippen MR) is 110 cm³/mol. The number of hydrogen-bond donors (Lipinski definition) is 0. The highest BCUT2D eigenvalue weighted by molar-refractivity contribution is 6.12. The molecule has 0 aromatic heterocycles. The van der Waals surface area contributed by atoms with Crippen molar-refractivity contribution in [1.82, 2.24) is 4.90 Å². The zero-order chi connectivity index (χ0) is 20.2. The van der Waals surface area contributed by atoms with Gasteiger partial charge in [-0.15, -0.1) is 0 Å². The zero-order valence-electron chi connectivity index (χ0n) is 17.4. The maximum atomic E-state index is 12.6. The third-order valence-electron chi connectivity index (χ3n) is 7.30. The number of esters is 1. The molecule has 6 heteroatoms. The van der Waals surface area contributed by atoms with Crippen molar-refractivity contribution < 1.29 is 19.0 Å². The number of methoxy groups -OCH3 is 2. The van der Waals surface area contributed by atoms with Crippen LogP contribution in [-0.2, 0) is 14.9 Å². The maximum absolute atomic E-state index is 12.6. The van der Waals surface area contributed by atoms with Crippen LogP contribution >= 0.6 is 0 Å². The second kappa shape index (κ2) is 6.59. The lowest BCUT2D eigenvalue weighted by molar-refractivity contribution is -0.147. The molecule has 154 valence electrons. The van der Waals surface area contributed by atoms with Gasteiger partial charge < -0.3 is 14.2 Å². The van der Waals surface area contributed by atoms with E-state index in [2.05, 4.69) is 23.1 Å². The highest BCUT2D eigenvalue weighted by Gasteiger charge is 2.64. The number of allylic oxidation sites excluding steroid dienone is 1. The summed E-state index contributed by atoms with van der Waals surface area (Å²) in [5.74, 6) is 1.29. The molecule has 1 unspecified atom stereocenters. The standard InChI is InChI=1S/C23H28N2O4/c1-4-29-18(26)14-22-9-5-12-25-13-11-23(21(22)25)15-6-7-16(27-2)20(28-3)19(15)24-17(23)8-10-22/h6-8,10,21H,4-5,9,11-14H2,1-3H3/t21?,22-,23-/m1/s1. The molecule has 3 atom stereocenters. The molecule has 0 bridgehead atoms. The van der Waals surface area contributed by atoms with Crippen LogP contribution in [0.4, 0.5) is 5.69 Å². The van der Waals surface area contributed by atoms with Crippen molar-refractivity contribution in [3.63, 3.8) is 0 Å². The molecule has 6 nitrogen and oxygen atoms in total. The van der Waals surface area contributed by atoms with Crippen molar-refractivity contribution in [3.8, 4) is 11.5 Å². The summed E-state index contributed by atoms with van der Waals surface area (Å²) >= 11 is 0. The van der Waals surface area contributed by atoms with Crippen LogP contribution < -0.4 is 9.47 Å². The van der Waals surface area contributed by atoms with E-state index in [1.807, 2.05) is 13.0 Å². The Morgan fingerprint density at radius 3 is 2.86 bits per heavy atom. The zero-order valence-corrected chi connectivity index (χ0v) is 17.4. The summed E-state index contributed by atoms with van der Waals surface area (Å²) in [5, 5.41) is 0. The smallest absolute Gasteiger partial charge is 0.306 e. The Morgan fingerprint density at radius 1 is 1.24 bits per heavy atom. The van der Waals surface area contributed by atoms with Crippen LogP contribution in [0.15, 0.2) is 29.3 Å². The number of benzene rings is 1. The summed E-state index contributed by atoms with van der Waals surface area (Å²) in [6, 6.07) is 4.36. The van der Waals surface area contributed by atoms with E-state index in [0.29, 0.717) is 24.5 Å². The van der Waals surface area contributed by atoms with Crippen molar-refractivity contribution in [2.24, 2.45) is 10.4 Å². The van der Waals surface area contributed by atoms with Crippen molar-refractivity contribution in [2.45, 2.75) is 44.1 Å². The molecule has 5 rings (SSSR count). The normalized spacial score (nSPS) is 31.6. The maximum Gasteiger partial charge on any atom is 0.306 e. The lowest BCUT2D eigenvalue weighted by Crippen LogP contribution is -2.60. The number of carbonyl (C=O) groups excluding carboxylic acids is 1. The van der Waals surface area contributed by atoms with Crippen molar-refractivity contribution in [3.05, 3.63) is 29.8 Å². The molecule has 2 saturated heterocycles. The highest BCUT2D eigenvalue weighted by Crippen LogP contribution is 2.62. The van der Waals surface area contributed by atoms with E-state index in [0.717, 1.165) is 43.8 Å². The van der Waals surface area contributed by atoms with Gasteiger partial charge in [0.15, 0.2) is 11.5 Å². The lowest BCUT2D eigenvalue weighted by atomic mass is 9.55. The minimum absolute atomic E-state index is 0.105. The molecule has 1 aromatic rings. The Hall–Kier alpha value is -2.34. The van der Waals surface area contributed by atoms with E-state index in [1.54, 1.807) is 14.2 Å². The minimum atomic E-state index is -0.213. The second-order valence-corrected chi connectivity index (χ2v) is 8.51. The van der Waals surface area contributed by atoms with Crippen molar-refractivity contribution in [1.29, 1.82) is 0 Å². The average molecular weight is 396 g/mol. The number of fused-ring (bicyclic) bond motifs is 1. The third-order valence-corrected chi connectivity index (χ3v) is 7.30. The molecule has 4 aliphatic rings. The van der Waals surface area contributed by atoms with E-state index >= 15 is 0 Å². The van der Waals surface area contributed by atoms with Crippen molar-refractivity contribution >= 4 is 17.4 Å². The Morgan fingerprint density at radius 2 is 2.10 bits per heavy atom. The summed E-state index contributed by atoms with van der Waals surface area (Å²) in [7, 11) is 3.32. The molecule has 0 radical (unpaired) electrons. The first kappa shape index (κ1) is 18.7. The SMILES string of the molecule is CCOC(=O)C[C@]12C=CC3=Nc4c(ccc(OC)c4OC)[C@]34CCN(CCC1)C24. The molecule has 29 heavy (non-hydrogen) atoms. The fourth-order valence-corrected chi connectivity index (χ4v) is 6.36. The first-order chi connectivity index (χ1) is 14.1. The Bertz CT molecular complexity index is 924. The summed E-state index contributed by atoms with van der Waals surface area (Å²) in [6.45, 7) is 4.38. The number of aliphatic imine (C=N–C) groups is 1. The molecular formula is C23H28N2O4. The first-order valence-electron chi connectivity index (χ1n) is 10.5. The van der Waals surface area contributed by atoms with Gasteiger partial charge in [0.2, 0.25) is 0 Å². The summed E-state index contributed by atoms with van der Waals surface area (Å²) in [5.41, 5.74) is 2.77. The van der Waals surface area contributed by atoms with E-state index < -0.39 is 0 Å². The topological polar surface area (TPSA) is 60.4 Å². The number of carbonyl (C=O) groups is 1. The number of hydrogen-bond acceptors (Lipinski definition) is 6. The van der Waals surface area contributed by atoms with Crippen LogP contribution in [0.3, 0.4) is 0 Å². The van der Waals surface area contributed by atoms with Crippen LogP contribution in [0, 0.1) is 5.41 Å². The highest BCUT2D eigenvalue weighted by atomic mass is 16.5. The van der Waals surface area contributed by atoms with Crippen LogP contribution in [0.5, 0.6) is 11.5 Å². The molecule has 1 spiro atoms. The van der Waals surface area contributed by atoms with Gasteiger partial charge in [-0.3, -0.25) is 9.69 Å². The summed E-state index contributed by atoms with van der Waals surface area (Å²) < 4.78 is 16.6. The quantitative estimate of drug-likeness (QED) is 0.714. The van der Waals surface area contributed by atoms with E-state index in [9.17, 15) is 4.79 Å². The van der Waals surface area contributed by atoms with Gasteiger partial charge in [-0.25, -0.2) is 4.99 Å². The van der Waals surface area contributed by atoms with Crippen molar-refractivity contribution in [2.75, 3.05) is 33.9 Å². The Balaban J connectivity index is 1.67. The monoisotopic (exact) mass is 396 g/mol. The van der Waals surface area contributed by atoms with E-state index in [1.165, 1.54) is 5.56 Å². The molecular weight excluding hydrogens is 368 g/mol. The number of piperidine rings is 1. The molecule has 1 aliphatic carbocycles. The number of rotatable bonds is 5. The van der Waals surface area contributed by atoms with Crippen LogP contribution in [-0.4, -0.2) is 56.5 Å². The predicted octanol–water partition coefficient (Wildman–Crippen LogP) is 3.41. The van der Waals surface area contributed by atoms with Crippen LogP contribution in [0.1, 0.15) is 38.2 Å². The van der Waals surface area contributed by atoms with E-state index in [4.69, 9.17) is 19.2 Å². The molecule has 2 fully saturated rings. The molecule has 1 aromatic carbocycles. The van der Waals surface area contributed by atoms with Crippen LogP contribution in [0.25, 0.3) is 0 Å². The molecule has 0 N–H and O–H groups in total. The second-order valence-electron chi connectivity index (χ2n) is 8.51. The first-order valence-corrected chi connectivity index (χ1v) is 10.5. The van der Waals surface area contributed by atoms with Gasteiger partial charge in [0.25, 0.3) is 0 Å². The van der Waals surface area contributed by atoms with Gasteiger partial charge in [0.1, 0.15) is 5.69 Å². The molecule has 0 saturated carbocycles. The molecule has 0 amide bonds. The van der Waals surface area contributed by atoms with Gasteiger partial charge in [-0.2, -0.15) is 0 Å². The van der Waals surface area contributed by atoms with Gasteiger partial charge >= 0.3 is 5.97 Å². The average Bonchev–Trinajstić information content (AvgIpc) is 3.27. The van der Waals surface area contributed by atoms with Gasteiger partial charge in [0.05, 0.1) is 38.4 Å². The fraction of sp³-hybridized carbons (Fsp3) is 0.565. The van der Waals surface area contributed by atoms with Gasteiger partial charge in [0, 0.05) is 11.5 Å². The number of nitrogens with zero attached hydrogens (tertiary/aromatic N) is 2. The minimum Gasteiger partial charge on any atom is -0.493 e. The summed E-state index contributed by atoms with van der Waals surface area (Å²) in [6.07, 6.45) is 7.95. The van der Waals surface area contributed by atoms with Gasteiger partial charge in [-0.1, -0.05) is 12.1 Å². The largest absolute Gasteiger partial charge is 0.493 e. The molecule has 3 aliphatic heterocycles. The Labute approximate surface area is 171 Å². The van der Waals surface area contributed by atoms with Gasteiger partial charge in [-0.05, 0) is 57.0 Å².